The van der Waals surface area contributed by atoms with Gasteiger partial charge in [-0.15, -0.1) is 0 Å². The van der Waals surface area contributed by atoms with Crippen LogP contribution in [0, 0.1) is 5.92 Å². The molecule has 0 spiro atoms. The van der Waals surface area contributed by atoms with E-state index in [1.807, 2.05) is 0 Å². The molecule has 0 bridgehead atoms. The van der Waals surface area contributed by atoms with E-state index in [9.17, 15) is 5.11 Å². The van der Waals surface area contributed by atoms with Gasteiger partial charge in [-0.05, 0) is 25.2 Å². The van der Waals surface area contributed by atoms with Gasteiger partial charge in [0.1, 0.15) is 0 Å². The standard InChI is InChI=1S/C13H28O/c1-5-9-13(14,10-6-2)11-7-8-12(3)4/h12,14H,5-11H2,1-4H3. The van der Waals surface area contributed by atoms with Crippen molar-refractivity contribution in [2.24, 2.45) is 5.92 Å². The molecule has 0 aliphatic carbocycles. The molecule has 86 valence electrons. The van der Waals surface area contributed by atoms with Crippen LogP contribution in [-0.4, -0.2) is 10.7 Å². The molecule has 0 amide bonds. The van der Waals surface area contributed by atoms with Gasteiger partial charge in [-0.3, -0.25) is 0 Å². The molecule has 1 nitrogen and oxygen atoms in total. The topological polar surface area (TPSA) is 20.2 Å². The highest BCUT2D eigenvalue weighted by Gasteiger charge is 2.23. The van der Waals surface area contributed by atoms with Crippen LogP contribution in [0.2, 0.25) is 0 Å². The Morgan fingerprint density at radius 1 is 1.00 bits per heavy atom. The van der Waals surface area contributed by atoms with Crippen molar-refractivity contribution in [1.82, 2.24) is 0 Å². The summed E-state index contributed by atoms with van der Waals surface area (Å²) >= 11 is 0. The van der Waals surface area contributed by atoms with Gasteiger partial charge in [-0.25, -0.2) is 0 Å². The number of rotatable bonds is 8. The van der Waals surface area contributed by atoms with E-state index in [-0.39, 0.29) is 5.60 Å². The van der Waals surface area contributed by atoms with Gasteiger partial charge in [0.25, 0.3) is 0 Å². The summed E-state index contributed by atoms with van der Waals surface area (Å²) in [5.41, 5.74) is -0.363. The molecule has 0 radical (unpaired) electrons. The lowest BCUT2D eigenvalue weighted by Crippen LogP contribution is -2.28. The molecule has 0 aromatic rings. The van der Waals surface area contributed by atoms with Gasteiger partial charge < -0.3 is 5.11 Å². The molecule has 0 aliphatic rings. The summed E-state index contributed by atoms with van der Waals surface area (Å²) in [7, 11) is 0. The average Bonchev–Trinajstić information content (AvgIpc) is 2.03. The van der Waals surface area contributed by atoms with Crippen LogP contribution in [0.15, 0.2) is 0 Å². The van der Waals surface area contributed by atoms with Crippen molar-refractivity contribution >= 4 is 0 Å². The fraction of sp³-hybridized carbons (Fsp3) is 1.00. The molecule has 0 atom stereocenters. The monoisotopic (exact) mass is 200 g/mol. The van der Waals surface area contributed by atoms with E-state index in [4.69, 9.17) is 0 Å². The lowest BCUT2D eigenvalue weighted by molar-refractivity contribution is 0.00996. The second-order valence-corrected chi connectivity index (χ2v) is 5.01. The minimum absolute atomic E-state index is 0.363. The van der Waals surface area contributed by atoms with Crippen LogP contribution >= 0.6 is 0 Å². The van der Waals surface area contributed by atoms with E-state index >= 15 is 0 Å². The number of aliphatic hydroxyl groups is 1. The molecule has 0 aromatic heterocycles. The van der Waals surface area contributed by atoms with Crippen molar-refractivity contribution in [1.29, 1.82) is 0 Å². The Bertz CT molecular complexity index is 123. The Labute approximate surface area is 89.9 Å². The maximum Gasteiger partial charge on any atom is 0.0647 e. The molecule has 0 fully saturated rings. The molecule has 1 heteroatoms. The molecule has 1 N–H and O–H groups in total. The van der Waals surface area contributed by atoms with Crippen LogP contribution < -0.4 is 0 Å². The van der Waals surface area contributed by atoms with Crippen molar-refractivity contribution in [3.05, 3.63) is 0 Å². The Hall–Kier alpha value is -0.0400. The van der Waals surface area contributed by atoms with E-state index in [0.29, 0.717) is 0 Å². The van der Waals surface area contributed by atoms with E-state index in [1.54, 1.807) is 0 Å². The molecule has 0 aromatic carbocycles. The highest BCUT2D eigenvalue weighted by atomic mass is 16.3. The van der Waals surface area contributed by atoms with Gasteiger partial charge in [0.15, 0.2) is 0 Å². The third kappa shape index (κ3) is 6.42. The first-order valence-corrected chi connectivity index (χ1v) is 6.26. The minimum atomic E-state index is -0.363. The summed E-state index contributed by atoms with van der Waals surface area (Å²) in [5.74, 6) is 0.766. The normalized spacial score (nSPS) is 12.4. The lowest BCUT2D eigenvalue weighted by Gasteiger charge is -2.27. The molecular weight excluding hydrogens is 172 g/mol. The first-order chi connectivity index (χ1) is 6.54. The van der Waals surface area contributed by atoms with Gasteiger partial charge >= 0.3 is 0 Å². The molecular formula is C13H28O. The molecule has 0 saturated carbocycles. The fourth-order valence-corrected chi connectivity index (χ4v) is 2.15. The zero-order valence-corrected chi connectivity index (χ0v) is 10.5. The molecule has 0 unspecified atom stereocenters. The van der Waals surface area contributed by atoms with Crippen molar-refractivity contribution in [3.8, 4) is 0 Å². The average molecular weight is 200 g/mol. The Balaban J connectivity index is 3.83. The molecule has 0 rings (SSSR count). The van der Waals surface area contributed by atoms with Crippen LogP contribution in [0.3, 0.4) is 0 Å². The SMILES string of the molecule is CCCC(O)(CCC)CCCC(C)C. The quantitative estimate of drug-likeness (QED) is 0.624. The Morgan fingerprint density at radius 3 is 1.86 bits per heavy atom. The third-order valence-electron chi connectivity index (χ3n) is 2.85. The van der Waals surface area contributed by atoms with Crippen LogP contribution in [-0.2, 0) is 0 Å². The van der Waals surface area contributed by atoms with Crippen LogP contribution in [0.5, 0.6) is 0 Å². The molecule has 0 aliphatic heterocycles. The Kier molecular flexibility index (Phi) is 7.26. The summed E-state index contributed by atoms with van der Waals surface area (Å²) in [4.78, 5) is 0. The molecule has 0 heterocycles. The van der Waals surface area contributed by atoms with Gasteiger partial charge in [0.2, 0.25) is 0 Å². The van der Waals surface area contributed by atoms with Gasteiger partial charge in [-0.1, -0.05) is 53.4 Å². The summed E-state index contributed by atoms with van der Waals surface area (Å²) in [5, 5.41) is 10.3. The zero-order valence-electron chi connectivity index (χ0n) is 10.5. The van der Waals surface area contributed by atoms with Gasteiger partial charge in [0, 0.05) is 0 Å². The number of hydrogen-bond acceptors (Lipinski definition) is 1. The fourth-order valence-electron chi connectivity index (χ4n) is 2.15. The maximum absolute atomic E-state index is 10.3. The van der Waals surface area contributed by atoms with Crippen LogP contribution in [0.25, 0.3) is 0 Å². The number of hydrogen-bond donors (Lipinski definition) is 1. The van der Waals surface area contributed by atoms with Crippen molar-refractivity contribution in [2.45, 2.75) is 78.2 Å². The van der Waals surface area contributed by atoms with Gasteiger partial charge in [-0.2, -0.15) is 0 Å². The highest BCUT2D eigenvalue weighted by molar-refractivity contribution is 4.77. The second-order valence-electron chi connectivity index (χ2n) is 5.01. The third-order valence-corrected chi connectivity index (χ3v) is 2.85. The van der Waals surface area contributed by atoms with Crippen LogP contribution in [0.1, 0.15) is 72.6 Å². The lowest BCUT2D eigenvalue weighted by atomic mass is 9.86. The van der Waals surface area contributed by atoms with E-state index in [1.165, 1.54) is 12.8 Å². The van der Waals surface area contributed by atoms with Crippen molar-refractivity contribution in [2.75, 3.05) is 0 Å². The highest BCUT2D eigenvalue weighted by Crippen LogP contribution is 2.26. The predicted molar refractivity (Wildman–Crippen MR) is 63.5 cm³/mol. The smallest absolute Gasteiger partial charge is 0.0647 e. The predicted octanol–water partition coefficient (Wildman–Crippen LogP) is 4.14. The molecule has 14 heavy (non-hydrogen) atoms. The van der Waals surface area contributed by atoms with E-state index < -0.39 is 0 Å². The summed E-state index contributed by atoms with van der Waals surface area (Å²) < 4.78 is 0. The largest absolute Gasteiger partial charge is 0.390 e. The zero-order chi connectivity index (χ0) is 11.0. The first kappa shape index (κ1) is 14.0. The minimum Gasteiger partial charge on any atom is -0.390 e. The molecule has 0 saturated heterocycles. The van der Waals surface area contributed by atoms with E-state index in [2.05, 4.69) is 27.7 Å². The summed E-state index contributed by atoms with van der Waals surface area (Å²) in [6.45, 7) is 8.81. The summed E-state index contributed by atoms with van der Waals surface area (Å²) in [6, 6.07) is 0. The van der Waals surface area contributed by atoms with Crippen molar-refractivity contribution < 1.29 is 5.11 Å². The first-order valence-electron chi connectivity index (χ1n) is 6.26. The second kappa shape index (κ2) is 7.28. The van der Waals surface area contributed by atoms with E-state index in [0.717, 1.165) is 38.0 Å². The van der Waals surface area contributed by atoms with Crippen LogP contribution in [0.4, 0.5) is 0 Å². The maximum atomic E-state index is 10.3. The Morgan fingerprint density at radius 2 is 1.50 bits per heavy atom. The van der Waals surface area contributed by atoms with Gasteiger partial charge in [0.05, 0.1) is 5.60 Å². The van der Waals surface area contributed by atoms with Crippen molar-refractivity contribution in [3.63, 3.8) is 0 Å². The summed E-state index contributed by atoms with van der Waals surface area (Å²) in [6.07, 6.45) is 7.55.